The lowest BCUT2D eigenvalue weighted by molar-refractivity contribution is -0.926. The van der Waals surface area contributed by atoms with E-state index in [2.05, 4.69) is 27.7 Å². The summed E-state index contributed by atoms with van der Waals surface area (Å²) in [4.78, 5) is 1.73. The molecule has 1 aliphatic rings. The standard InChI is InChI=1S/C19H39NO.ClH/c1-5-8-9-10-11-12-13-14-15-16-18(19(4)17-21-19)20(6-2)7-3;/h18H,5-17H2,1-4H3;1H. The first-order chi connectivity index (χ1) is 10.2. The fourth-order valence-corrected chi connectivity index (χ4v) is 3.66. The molecule has 0 bridgehead atoms. The van der Waals surface area contributed by atoms with Gasteiger partial charge in [0.05, 0.1) is 19.7 Å². The molecule has 1 heterocycles. The smallest absolute Gasteiger partial charge is 0.140 e. The number of hydrogen-bond donors (Lipinski definition) is 1. The lowest BCUT2D eigenvalue weighted by Crippen LogP contribution is -3.16. The Morgan fingerprint density at radius 2 is 1.32 bits per heavy atom. The Balaban J connectivity index is 0.00000441. The molecule has 0 aromatic rings. The number of ether oxygens (including phenoxy) is 1. The van der Waals surface area contributed by atoms with E-state index in [1.165, 1.54) is 77.3 Å². The molecule has 0 saturated carbocycles. The molecule has 1 N–H and O–H groups in total. The van der Waals surface area contributed by atoms with Crippen LogP contribution in [0.25, 0.3) is 0 Å². The third-order valence-corrected chi connectivity index (χ3v) is 5.33. The van der Waals surface area contributed by atoms with Crippen LogP contribution in [0.1, 0.15) is 91.9 Å². The third-order valence-electron chi connectivity index (χ3n) is 5.33. The number of rotatable bonds is 14. The molecule has 0 amide bonds. The van der Waals surface area contributed by atoms with Crippen LogP contribution in [0.4, 0.5) is 0 Å². The topological polar surface area (TPSA) is 17.0 Å². The van der Waals surface area contributed by atoms with Crippen molar-refractivity contribution < 1.29 is 22.0 Å². The molecule has 0 aliphatic carbocycles. The van der Waals surface area contributed by atoms with Gasteiger partial charge in [0.1, 0.15) is 11.6 Å². The van der Waals surface area contributed by atoms with Crippen molar-refractivity contribution in [3.8, 4) is 0 Å². The van der Waals surface area contributed by atoms with Crippen LogP contribution >= 0.6 is 0 Å². The van der Waals surface area contributed by atoms with E-state index >= 15 is 0 Å². The first kappa shape index (κ1) is 22.2. The summed E-state index contributed by atoms with van der Waals surface area (Å²) < 4.78 is 5.76. The molecule has 0 aromatic carbocycles. The van der Waals surface area contributed by atoms with Gasteiger partial charge < -0.3 is 22.0 Å². The van der Waals surface area contributed by atoms with E-state index in [9.17, 15) is 0 Å². The number of hydrogen-bond acceptors (Lipinski definition) is 1. The monoisotopic (exact) mass is 333 g/mol. The number of unbranched alkanes of at least 4 members (excludes halogenated alkanes) is 8. The van der Waals surface area contributed by atoms with Crippen LogP contribution in [0.3, 0.4) is 0 Å². The van der Waals surface area contributed by atoms with E-state index < -0.39 is 0 Å². The Morgan fingerprint density at radius 3 is 1.73 bits per heavy atom. The quantitative estimate of drug-likeness (QED) is 0.370. The summed E-state index contributed by atoms with van der Waals surface area (Å²) in [5.41, 5.74) is 0.196. The highest BCUT2D eigenvalue weighted by atomic mass is 35.5. The van der Waals surface area contributed by atoms with E-state index in [0.717, 1.165) is 12.6 Å². The van der Waals surface area contributed by atoms with Crippen LogP contribution in [0.5, 0.6) is 0 Å². The molecule has 2 nitrogen and oxygen atoms in total. The Labute approximate surface area is 145 Å². The van der Waals surface area contributed by atoms with E-state index in [0.29, 0.717) is 0 Å². The van der Waals surface area contributed by atoms with Gasteiger partial charge in [-0.1, -0.05) is 58.3 Å². The molecule has 3 heteroatoms. The van der Waals surface area contributed by atoms with Crippen LogP contribution < -0.4 is 17.3 Å². The molecular weight excluding hydrogens is 294 g/mol. The predicted molar refractivity (Wildman–Crippen MR) is 92.0 cm³/mol. The van der Waals surface area contributed by atoms with E-state index in [4.69, 9.17) is 4.74 Å². The average Bonchev–Trinajstić information content (AvgIpc) is 3.23. The van der Waals surface area contributed by atoms with E-state index in [1.54, 1.807) is 4.90 Å². The molecule has 0 radical (unpaired) electrons. The molecule has 0 spiro atoms. The van der Waals surface area contributed by atoms with Crippen molar-refractivity contribution in [2.75, 3.05) is 19.7 Å². The number of likely N-dealkylation sites (N-methyl/N-ethyl adjacent to an activating group) is 1. The van der Waals surface area contributed by atoms with Crippen molar-refractivity contribution in [3.63, 3.8) is 0 Å². The molecule has 1 rings (SSSR count). The minimum atomic E-state index is 0. The van der Waals surface area contributed by atoms with Crippen LogP contribution in [-0.2, 0) is 4.74 Å². The maximum Gasteiger partial charge on any atom is 0.140 e. The largest absolute Gasteiger partial charge is 1.00 e. The second-order valence-corrected chi connectivity index (χ2v) is 7.14. The lowest BCUT2D eigenvalue weighted by Gasteiger charge is -2.29. The molecule has 1 saturated heterocycles. The van der Waals surface area contributed by atoms with Gasteiger partial charge in [0.15, 0.2) is 0 Å². The molecule has 1 aliphatic heterocycles. The van der Waals surface area contributed by atoms with Gasteiger partial charge in [-0.25, -0.2) is 0 Å². The fraction of sp³-hybridized carbons (Fsp3) is 1.00. The van der Waals surface area contributed by atoms with Crippen LogP contribution in [0.2, 0.25) is 0 Å². The number of nitrogens with one attached hydrogen (secondary N) is 1. The lowest BCUT2D eigenvalue weighted by atomic mass is 9.94. The van der Waals surface area contributed by atoms with Gasteiger partial charge in [-0.2, -0.15) is 0 Å². The Kier molecular flexibility index (Phi) is 12.7. The van der Waals surface area contributed by atoms with Gasteiger partial charge in [0, 0.05) is 6.42 Å². The zero-order chi connectivity index (χ0) is 15.6. The van der Waals surface area contributed by atoms with Crippen molar-refractivity contribution in [3.05, 3.63) is 0 Å². The van der Waals surface area contributed by atoms with E-state index in [-0.39, 0.29) is 18.0 Å². The molecule has 134 valence electrons. The second-order valence-electron chi connectivity index (χ2n) is 7.14. The summed E-state index contributed by atoms with van der Waals surface area (Å²) in [7, 11) is 0. The Morgan fingerprint density at radius 1 is 0.864 bits per heavy atom. The second kappa shape index (κ2) is 12.6. The summed E-state index contributed by atoms with van der Waals surface area (Å²) in [5.74, 6) is 0. The normalized spacial score (nSPS) is 21.7. The highest BCUT2D eigenvalue weighted by molar-refractivity contribution is 4.94. The maximum atomic E-state index is 5.76. The predicted octanol–water partition coefficient (Wildman–Crippen LogP) is 0.994. The van der Waals surface area contributed by atoms with Crippen molar-refractivity contribution in [2.24, 2.45) is 0 Å². The molecule has 2 atom stereocenters. The number of halogens is 1. The summed E-state index contributed by atoms with van der Waals surface area (Å²) in [5, 5.41) is 0. The Bertz CT molecular complexity index is 252. The van der Waals surface area contributed by atoms with Gasteiger partial charge in [0.25, 0.3) is 0 Å². The highest BCUT2D eigenvalue weighted by Crippen LogP contribution is 2.31. The van der Waals surface area contributed by atoms with Crippen LogP contribution in [0.15, 0.2) is 0 Å². The van der Waals surface area contributed by atoms with Gasteiger partial charge in [-0.15, -0.1) is 0 Å². The van der Waals surface area contributed by atoms with E-state index in [1.807, 2.05) is 0 Å². The summed E-state index contributed by atoms with van der Waals surface area (Å²) in [6.07, 6.45) is 14.2. The summed E-state index contributed by atoms with van der Waals surface area (Å²) >= 11 is 0. The zero-order valence-corrected chi connectivity index (χ0v) is 16.3. The van der Waals surface area contributed by atoms with Gasteiger partial charge >= 0.3 is 0 Å². The number of epoxide rings is 1. The maximum absolute atomic E-state index is 5.76. The number of quaternary nitrogens is 1. The highest BCUT2D eigenvalue weighted by Gasteiger charge is 2.51. The summed E-state index contributed by atoms with van der Waals surface area (Å²) in [6, 6.07) is 0.719. The first-order valence-corrected chi connectivity index (χ1v) is 9.66. The SMILES string of the molecule is CCCCCCCCCCCC([NH+](CC)CC)C1(C)CO1.[Cl-]. The molecule has 0 aromatic heterocycles. The van der Waals surface area contributed by atoms with Crippen LogP contribution in [0, 0.1) is 0 Å². The average molecular weight is 334 g/mol. The minimum absolute atomic E-state index is 0. The first-order valence-electron chi connectivity index (χ1n) is 9.66. The molecule has 2 unspecified atom stereocenters. The third kappa shape index (κ3) is 8.17. The Hall–Kier alpha value is 0.210. The molecular formula is C19H40ClNO. The van der Waals surface area contributed by atoms with Crippen molar-refractivity contribution >= 4 is 0 Å². The van der Waals surface area contributed by atoms with Gasteiger partial charge in [-0.05, 0) is 27.2 Å². The minimum Gasteiger partial charge on any atom is -1.00 e. The van der Waals surface area contributed by atoms with Crippen molar-refractivity contribution in [1.82, 2.24) is 0 Å². The fourth-order valence-electron chi connectivity index (χ4n) is 3.66. The van der Waals surface area contributed by atoms with Gasteiger partial charge in [0.2, 0.25) is 0 Å². The van der Waals surface area contributed by atoms with Crippen molar-refractivity contribution in [1.29, 1.82) is 0 Å². The van der Waals surface area contributed by atoms with Crippen molar-refractivity contribution in [2.45, 2.75) is 104 Å². The van der Waals surface area contributed by atoms with Crippen LogP contribution in [-0.4, -0.2) is 31.3 Å². The summed E-state index contributed by atoms with van der Waals surface area (Å²) in [6.45, 7) is 12.7. The molecule has 22 heavy (non-hydrogen) atoms. The zero-order valence-electron chi connectivity index (χ0n) is 15.6. The van der Waals surface area contributed by atoms with Gasteiger partial charge in [-0.3, -0.25) is 0 Å². The molecule has 1 fully saturated rings.